The van der Waals surface area contributed by atoms with Crippen LogP contribution in [0, 0.1) is 23.7 Å². The van der Waals surface area contributed by atoms with Gasteiger partial charge in [0.05, 0.1) is 25.8 Å². The number of ether oxygens (including phenoxy) is 3. The predicted octanol–water partition coefficient (Wildman–Crippen LogP) is 5.53. The van der Waals surface area contributed by atoms with Crippen LogP contribution in [0.15, 0.2) is 60.2 Å². The maximum Gasteiger partial charge on any atom is 0.329 e. The second-order valence-electron chi connectivity index (χ2n) is 16.4. The van der Waals surface area contributed by atoms with Gasteiger partial charge in [-0.3, -0.25) is 9.80 Å². The highest BCUT2D eigenvalue weighted by molar-refractivity contribution is 5.86. The molecule has 0 saturated carbocycles. The molecule has 8 nitrogen and oxygen atoms in total. The SMILES string of the molecule is C/C=C1/CN2CC[C@@]34C[C@H]5[C@@H]6C[C@H]7c8[nH]c9ccccc9c8C[C@@H]([C@@H]6CO[C@@]5(C)O[C@@]35[C@@H]2C[C@@H]1[C@@H](C(=O)OC)N5c1ccccc14)N7C. The highest BCUT2D eigenvalue weighted by Gasteiger charge is 2.80. The van der Waals surface area contributed by atoms with E-state index in [1.165, 1.54) is 33.3 Å². The number of H-pyrrole nitrogens is 1. The highest BCUT2D eigenvalue weighted by Crippen LogP contribution is 2.72. The largest absolute Gasteiger partial charge is 0.467 e. The van der Waals surface area contributed by atoms with E-state index < -0.39 is 17.6 Å². The number of carbonyl (C=O) groups excluding carboxylic acids is 1. The van der Waals surface area contributed by atoms with E-state index in [1.54, 1.807) is 7.11 Å². The van der Waals surface area contributed by atoms with Crippen molar-refractivity contribution >= 4 is 22.6 Å². The lowest BCUT2D eigenvalue weighted by atomic mass is 9.52. The van der Waals surface area contributed by atoms with E-state index in [-0.39, 0.29) is 29.3 Å². The molecule has 2 aromatic carbocycles. The normalized spacial score (nSPS) is 44.4. The Kier molecular flexibility index (Phi) is 5.57. The molecule has 1 spiro atoms. The molecule has 250 valence electrons. The molecule has 6 fully saturated rings. The third-order valence-corrected chi connectivity index (χ3v) is 15.1. The molecule has 9 heterocycles. The summed E-state index contributed by atoms with van der Waals surface area (Å²) in [6.45, 7) is 7.01. The van der Waals surface area contributed by atoms with Gasteiger partial charge >= 0.3 is 5.97 Å². The van der Waals surface area contributed by atoms with E-state index in [1.807, 2.05) is 0 Å². The van der Waals surface area contributed by atoms with Gasteiger partial charge in [0.25, 0.3) is 0 Å². The van der Waals surface area contributed by atoms with Crippen molar-refractivity contribution in [1.29, 1.82) is 0 Å². The molecule has 8 aliphatic heterocycles. The Bertz CT molecular complexity index is 1920. The number of benzene rings is 2. The van der Waals surface area contributed by atoms with Crippen molar-refractivity contribution in [2.45, 2.75) is 87.0 Å². The van der Waals surface area contributed by atoms with E-state index in [4.69, 9.17) is 14.2 Å². The topological polar surface area (TPSA) is 70.3 Å². The minimum absolute atomic E-state index is 0.0980. The number of fused-ring (bicyclic) bond motifs is 13. The van der Waals surface area contributed by atoms with Crippen LogP contribution >= 0.6 is 0 Å². The lowest BCUT2D eigenvalue weighted by Gasteiger charge is -2.72. The van der Waals surface area contributed by atoms with E-state index in [2.05, 4.69) is 95.2 Å². The first kappa shape index (κ1) is 28.6. The maximum atomic E-state index is 14.0. The van der Waals surface area contributed by atoms with Gasteiger partial charge in [0, 0.05) is 64.6 Å². The fraction of sp³-hybridized carbons (Fsp3) is 0.575. The predicted molar refractivity (Wildman–Crippen MR) is 182 cm³/mol. The Morgan fingerprint density at radius 1 is 1.10 bits per heavy atom. The summed E-state index contributed by atoms with van der Waals surface area (Å²) in [5.74, 6) is 0.355. The van der Waals surface area contributed by atoms with Crippen molar-refractivity contribution in [2.75, 3.05) is 38.8 Å². The van der Waals surface area contributed by atoms with E-state index >= 15 is 0 Å². The molecule has 0 radical (unpaired) electrons. The number of hydrogen-bond donors (Lipinski definition) is 1. The summed E-state index contributed by atoms with van der Waals surface area (Å²) >= 11 is 0. The van der Waals surface area contributed by atoms with Gasteiger partial charge in [-0.15, -0.1) is 0 Å². The summed E-state index contributed by atoms with van der Waals surface area (Å²) < 4.78 is 20.7. The van der Waals surface area contributed by atoms with Crippen LogP contribution in [0.2, 0.25) is 0 Å². The average Bonchev–Trinajstić information content (AvgIpc) is 3.58. The van der Waals surface area contributed by atoms with E-state index in [9.17, 15) is 4.79 Å². The number of piperidine rings is 4. The van der Waals surface area contributed by atoms with Gasteiger partial charge < -0.3 is 24.1 Å². The zero-order valence-corrected chi connectivity index (χ0v) is 28.4. The summed E-state index contributed by atoms with van der Waals surface area (Å²) in [4.78, 5) is 25.6. The van der Waals surface area contributed by atoms with Crippen LogP contribution in [0.5, 0.6) is 0 Å². The average molecular weight is 647 g/mol. The molecule has 4 bridgehead atoms. The number of anilines is 1. The Labute approximate surface area is 282 Å². The third-order valence-electron chi connectivity index (χ3n) is 15.1. The molecular formula is C40H46N4O4. The molecule has 48 heavy (non-hydrogen) atoms. The molecule has 8 heteroatoms. The van der Waals surface area contributed by atoms with Gasteiger partial charge in [-0.1, -0.05) is 48.0 Å². The number of esters is 1. The molecule has 11 atom stereocenters. The number of hydrogen-bond acceptors (Lipinski definition) is 7. The number of carbonyl (C=O) groups is 1. The van der Waals surface area contributed by atoms with Crippen LogP contribution < -0.4 is 4.90 Å². The number of para-hydroxylation sites is 2. The van der Waals surface area contributed by atoms with Crippen molar-refractivity contribution in [3.05, 3.63) is 77.0 Å². The quantitative estimate of drug-likeness (QED) is 0.275. The summed E-state index contributed by atoms with van der Waals surface area (Å²) in [7, 11) is 3.89. The Hall–Kier alpha value is -3.17. The van der Waals surface area contributed by atoms with Crippen molar-refractivity contribution in [3.8, 4) is 0 Å². The summed E-state index contributed by atoms with van der Waals surface area (Å²) in [5, 5.41) is 1.39. The van der Waals surface area contributed by atoms with Crippen molar-refractivity contribution in [2.24, 2.45) is 23.7 Å². The number of aromatic amines is 1. The standard InChI is InChI=1S/C40H46N4O4/c1-5-22-20-43-15-14-39-19-29-25-16-33-35-26(23-10-6-8-12-30(23)41-35)17-32(42(33)3)27(25)21-47-38(29,2)48-40(39)34(43)18-24(22)36(37(45)46-4)44(40)31-13-9-7-11-28(31)39/h5-13,24-25,27,29,32-34,36,41H,14-21H2,1-4H3/b22-5-/t24-,25+,27+,29-,32-,33-,34-,36-,38-,39-,40-/m0/s1. The number of aromatic nitrogens is 1. The van der Waals surface area contributed by atoms with Gasteiger partial charge in [-0.2, -0.15) is 0 Å². The number of likely N-dealkylation sites (N-methyl/N-ethyl adjacent to an activating group) is 1. The second-order valence-corrected chi connectivity index (χ2v) is 16.4. The first-order valence-corrected chi connectivity index (χ1v) is 18.3. The van der Waals surface area contributed by atoms with E-state index in [0.717, 1.165) is 50.9 Å². The summed E-state index contributed by atoms with van der Waals surface area (Å²) in [5.41, 5.74) is 7.11. The maximum absolute atomic E-state index is 14.0. The molecule has 0 amide bonds. The number of rotatable bonds is 1. The molecule has 3 aromatic rings. The molecule has 1 aromatic heterocycles. The fourth-order valence-corrected chi connectivity index (χ4v) is 13.2. The second kappa shape index (κ2) is 9.33. The zero-order valence-electron chi connectivity index (χ0n) is 28.4. The van der Waals surface area contributed by atoms with Gasteiger partial charge in [0.1, 0.15) is 6.04 Å². The number of nitrogens with one attached hydrogen (secondary N) is 1. The van der Waals surface area contributed by atoms with Gasteiger partial charge in [0.2, 0.25) is 0 Å². The number of allylic oxidation sites excluding steroid dienone is 1. The van der Waals surface area contributed by atoms with Crippen molar-refractivity contribution in [3.63, 3.8) is 0 Å². The molecular weight excluding hydrogens is 600 g/mol. The zero-order chi connectivity index (χ0) is 32.3. The molecule has 0 unspecified atom stereocenters. The van der Waals surface area contributed by atoms with Crippen LogP contribution in [-0.2, 0) is 30.8 Å². The summed E-state index contributed by atoms with van der Waals surface area (Å²) in [6, 6.07) is 18.3. The highest BCUT2D eigenvalue weighted by atomic mass is 16.7. The first-order chi connectivity index (χ1) is 23.3. The Balaban J connectivity index is 1.07. The molecule has 1 N–H and O–H groups in total. The van der Waals surface area contributed by atoms with Crippen LogP contribution in [0.3, 0.4) is 0 Å². The van der Waals surface area contributed by atoms with Gasteiger partial charge in [-0.05, 0) is 82.2 Å². The molecule has 6 saturated heterocycles. The molecule has 11 rings (SSSR count). The molecule has 8 aliphatic rings. The molecule has 0 aliphatic carbocycles. The lowest BCUT2D eigenvalue weighted by molar-refractivity contribution is -0.401. The van der Waals surface area contributed by atoms with Crippen LogP contribution in [0.25, 0.3) is 10.9 Å². The van der Waals surface area contributed by atoms with Crippen LogP contribution in [0.1, 0.15) is 62.4 Å². The van der Waals surface area contributed by atoms with Crippen molar-refractivity contribution < 1.29 is 19.0 Å². The minimum Gasteiger partial charge on any atom is -0.467 e. The lowest BCUT2D eigenvalue weighted by Crippen LogP contribution is -2.85. The Morgan fingerprint density at radius 3 is 2.79 bits per heavy atom. The van der Waals surface area contributed by atoms with Crippen molar-refractivity contribution in [1.82, 2.24) is 14.8 Å². The van der Waals surface area contributed by atoms with Gasteiger partial charge in [0.15, 0.2) is 11.5 Å². The Morgan fingerprint density at radius 2 is 1.94 bits per heavy atom. The van der Waals surface area contributed by atoms with Crippen LogP contribution in [0.4, 0.5) is 5.69 Å². The minimum atomic E-state index is -0.754. The van der Waals surface area contributed by atoms with Gasteiger partial charge in [-0.25, -0.2) is 4.79 Å². The monoisotopic (exact) mass is 646 g/mol. The third kappa shape index (κ3) is 3.13. The first-order valence-electron chi connectivity index (χ1n) is 18.3. The van der Waals surface area contributed by atoms with Crippen LogP contribution in [-0.4, -0.2) is 84.2 Å². The number of nitrogens with zero attached hydrogens (tertiary/aromatic N) is 3. The summed E-state index contributed by atoms with van der Waals surface area (Å²) in [6.07, 6.45) is 7.33. The smallest absolute Gasteiger partial charge is 0.329 e. The number of methoxy groups -OCH3 is 1. The van der Waals surface area contributed by atoms with E-state index in [0.29, 0.717) is 30.5 Å². The fourth-order valence-electron chi connectivity index (χ4n) is 13.2.